The minimum atomic E-state index is -5.19. The van der Waals surface area contributed by atoms with Crippen molar-refractivity contribution in [1.29, 1.82) is 0 Å². The van der Waals surface area contributed by atoms with Gasteiger partial charge in [0.05, 0.1) is 18.0 Å². The van der Waals surface area contributed by atoms with Crippen LogP contribution in [0.5, 0.6) is 0 Å². The number of carboxylic acid groups (broad SMARTS) is 1. The van der Waals surface area contributed by atoms with Gasteiger partial charge < -0.3 is 24.4 Å². The molecule has 0 spiro atoms. The van der Waals surface area contributed by atoms with E-state index in [1.807, 2.05) is 78.2 Å². The van der Waals surface area contributed by atoms with E-state index in [0.717, 1.165) is 53.1 Å². The van der Waals surface area contributed by atoms with Gasteiger partial charge in [-0.05, 0) is 29.1 Å². The number of nitrogens with one attached hydrogen (secondary N) is 1. The Hall–Kier alpha value is -3.70. The number of ether oxygens (including phenoxy) is 1. The lowest BCUT2D eigenvalue weighted by Gasteiger charge is -2.51. The Morgan fingerprint density at radius 2 is 1.59 bits per heavy atom. The summed E-state index contributed by atoms with van der Waals surface area (Å²) >= 11 is 1.51. The van der Waals surface area contributed by atoms with Gasteiger partial charge in [-0.3, -0.25) is 4.79 Å². The van der Waals surface area contributed by atoms with Gasteiger partial charge in [-0.2, -0.15) is 13.2 Å². The Bertz CT molecular complexity index is 1250. The minimum Gasteiger partial charge on any atom is -0.542 e. The number of rotatable bonds is 9. The Labute approximate surface area is 240 Å². The van der Waals surface area contributed by atoms with Crippen LogP contribution in [0.3, 0.4) is 0 Å². The second kappa shape index (κ2) is 13.3. The monoisotopic (exact) mass is 588 g/mol. The predicted octanol–water partition coefficient (Wildman–Crippen LogP) is 4.11. The number of thiophene rings is 1. The van der Waals surface area contributed by atoms with Gasteiger partial charge in [0, 0.05) is 30.9 Å². The molecule has 6 rings (SSSR count). The van der Waals surface area contributed by atoms with E-state index in [1.165, 1.54) is 11.3 Å². The van der Waals surface area contributed by atoms with E-state index >= 15 is 0 Å². The summed E-state index contributed by atoms with van der Waals surface area (Å²) in [6.45, 7) is 3.21. The zero-order valence-electron chi connectivity index (χ0n) is 22.2. The number of hydrogen-bond acceptors (Lipinski definition) is 7. The number of para-hydroxylation sites is 1. The van der Waals surface area contributed by atoms with Crippen LogP contribution >= 0.6 is 11.3 Å². The number of benzene rings is 2. The Kier molecular flexibility index (Phi) is 9.82. The quantitative estimate of drug-likeness (QED) is 0.230. The van der Waals surface area contributed by atoms with Crippen molar-refractivity contribution in [3.05, 3.63) is 88.6 Å². The van der Waals surface area contributed by atoms with E-state index in [4.69, 9.17) is 14.6 Å². The molecule has 0 radical (unpaired) electrons. The van der Waals surface area contributed by atoms with Crippen LogP contribution in [0.4, 0.5) is 18.9 Å². The molecule has 0 aliphatic carbocycles. The predicted molar refractivity (Wildman–Crippen MR) is 146 cm³/mol. The number of carbonyl (C=O) groups is 3. The maximum Gasteiger partial charge on any atom is 0.430 e. The third-order valence-electron chi connectivity index (χ3n) is 7.50. The van der Waals surface area contributed by atoms with Crippen LogP contribution in [0.1, 0.15) is 28.1 Å². The SMILES string of the molecule is O=C(C[N+]12CCC(CC1)[C@@H](OC(=O)[C@H](Cc1ccccc1)Nc1ccccc1)C2)c1cccs1.O=C([O-])C(F)(F)F. The first-order valence-corrected chi connectivity index (χ1v) is 14.2. The van der Waals surface area contributed by atoms with Crippen molar-refractivity contribution in [1.82, 2.24) is 0 Å². The second-order valence-electron chi connectivity index (χ2n) is 10.4. The van der Waals surface area contributed by atoms with Gasteiger partial charge in [-0.25, -0.2) is 4.79 Å². The van der Waals surface area contributed by atoms with E-state index in [2.05, 4.69) is 5.32 Å². The van der Waals surface area contributed by atoms with Crippen LogP contribution in [0.25, 0.3) is 0 Å². The first-order chi connectivity index (χ1) is 19.5. The topological polar surface area (TPSA) is 95.5 Å². The highest BCUT2D eigenvalue weighted by Gasteiger charge is 2.49. The van der Waals surface area contributed by atoms with Crippen molar-refractivity contribution in [2.75, 3.05) is 31.5 Å². The lowest BCUT2D eigenvalue weighted by atomic mass is 9.83. The maximum absolute atomic E-state index is 13.5. The number of carboxylic acids is 1. The largest absolute Gasteiger partial charge is 0.542 e. The van der Waals surface area contributed by atoms with Gasteiger partial charge in [0.1, 0.15) is 25.1 Å². The van der Waals surface area contributed by atoms with Crippen molar-refractivity contribution >= 4 is 34.7 Å². The summed E-state index contributed by atoms with van der Waals surface area (Å²) in [4.78, 5) is 35.9. The number of alkyl halides is 3. The van der Waals surface area contributed by atoms with Crippen molar-refractivity contribution in [3.8, 4) is 0 Å². The number of fused-ring (bicyclic) bond motifs is 3. The molecule has 1 N–H and O–H groups in total. The summed E-state index contributed by atoms with van der Waals surface area (Å²) in [5.41, 5.74) is 1.99. The highest BCUT2D eigenvalue weighted by Crippen LogP contribution is 2.36. The molecular weight excluding hydrogens is 557 g/mol. The number of aliphatic carboxylic acids is 1. The zero-order valence-corrected chi connectivity index (χ0v) is 23.0. The molecular formula is C30H31F3N2O5S. The number of hydrogen-bond donors (Lipinski definition) is 1. The molecule has 3 aromatic rings. The third kappa shape index (κ3) is 8.40. The molecule has 2 aromatic carbocycles. The lowest BCUT2D eigenvalue weighted by Crippen LogP contribution is -2.66. The number of halogens is 3. The zero-order chi connectivity index (χ0) is 29.5. The van der Waals surface area contributed by atoms with Gasteiger partial charge in [0.2, 0.25) is 5.78 Å². The number of quaternary nitrogens is 1. The van der Waals surface area contributed by atoms with Crippen molar-refractivity contribution < 1.29 is 41.9 Å². The summed E-state index contributed by atoms with van der Waals surface area (Å²) in [5.74, 6) is -2.63. The fourth-order valence-corrected chi connectivity index (χ4v) is 6.06. The highest BCUT2D eigenvalue weighted by atomic mass is 32.1. The standard InChI is InChI=1S/C28H31N2O3S.C2HF3O2/c31-25(27-12-7-17-34-27)19-30-15-13-22(14-16-30)26(20-30)33-28(32)24(18-21-8-3-1-4-9-21)29-23-10-5-2-6-11-23;3-2(4,5)1(6)7/h1-12,17,22,24,26,29H,13-16,18-20H2;(H,6,7)/q+1;/p-1/t22?,24-,26-,30?;/m0./s1. The normalized spacial score (nSPS) is 22.1. The molecule has 41 heavy (non-hydrogen) atoms. The fraction of sp³-hybridized carbons (Fsp3) is 0.367. The average Bonchev–Trinajstić information content (AvgIpc) is 3.50. The van der Waals surface area contributed by atoms with Crippen LogP contribution in [-0.4, -0.2) is 66.7 Å². The van der Waals surface area contributed by atoms with Crippen LogP contribution in [0.2, 0.25) is 0 Å². The third-order valence-corrected chi connectivity index (χ3v) is 8.41. The fourth-order valence-electron chi connectivity index (χ4n) is 5.41. The molecule has 0 unspecified atom stereocenters. The molecule has 218 valence electrons. The molecule has 0 amide bonds. The van der Waals surface area contributed by atoms with Crippen molar-refractivity contribution in [3.63, 3.8) is 0 Å². The molecule has 0 saturated carbocycles. The van der Waals surface area contributed by atoms with Gasteiger partial charge >= 0.3 is 12.1 Å². The van der Waals surface area contributed by atoms with Gasteiger partial charge in [0.25, 0.3) is 0 Å². The van der Waals surface area contributed by atoms with Crippen LogP contribution in [0.15, 0.2) is 78.2 Å². The average molecular weight is 589 g/mol. The highest BCUT2D eigenvalue weighted by molar-refractivity contribution is 7.12. The number of ketones is 1. The van der Waals surface area contributed by atoms with Gasteiger partial charge in [-0.1, -0.05) is 54.6 Å². The molecule has 2 atom stereocenters. The van der Waals surface area contributed by atoms with E-state index in [-0.39, 0.29) is 17.9 Å². The summed E-state index contributed by atoms with van der Waals surface area (Å²) in [6, 6.07) is 23.2. The molecule has 4 heterocycles. The molecule has 2 bridgehead atoms. The molecule has 1 aromatic heterocycles. The van der Waals surface area contributed by atoms with E-state index in [1.54, 1.807) is 0 Å². The Morgan fingerprint density at radius 3 is 2.15 bits per heavy atom. The maximum atomic E-state index is 13.5. The van der Waals surface area contributed by atoms with Crippen LogP contribution in [-0.2, 0) is 20.7 Å². The van der Waals surface area contributed by atoms with E-state index in [9.17, 15) is 22.8 Å². The van der Waals surface area contributed by atoms with Gasteiger partial charge in [0.15, 0.2) is 6.10 Å². The second-order valence-corrected chi connectivity index (χ2v) is 11.3. The smallest absolute Gasteiger partial charge is 0.430 e. The summed E-state index contributed by atoms with van der Waals surface area (Å²) in [5, 5.41) is 14.1. The molecule has 7 nitrogen and oxygen atoms in total. The molecule has 3 fully saturated rings. The number of anilines is 1. The molecule has 3 aliphatic heterocycles. The summed E-state index contributed by atoms with van der Waals surface area (Å²) < 4.78 is 38.5. The van der Waals surface area contributed by atoms with E-state index < -0.39 is 18.2 Å². The number of Topliss-reactive ketones (excluding diaryl/α,β-unsaturated/α-hetero) is 1. The Morgan fingerprint density at radius 1 is 0.976 bits per heavy atom. The molecule has 3 aliphatic rings. The molecule has 3 saturated heterocycles. The number of nitrogens with zero attached hydrogens (tertiary/aromatic N) is 1. The lowest BCUT2D eigenvalue weighted by molar-refractivity contribution is -0.938. The number of piperidine rings is 3. The van der Waals surface area contributed by atoms with E-state index in [0.29, 0.717) is 18.9 Å². The molecule has 11 heteroatoms. The van der Waals surface area contributed by atoms with Gasteiger partial charge in [-0.15, -0.1) is 11.3 Å². The van der Waals surface area contributed by atoms with Crippen molar-refractivity contribution in [2.45, 2.75) is 37.6 Å². The summed E-state index contributed by atoms with van der Waals surface area (Å²) in [6.07, 6.45) is -2.76. The van der Waals surface area contributed by atoms with Crippen molar-refractivity contribution in [2.24, 2.45) is 5.92 Å². The minimum absolute atomic E-state index is 0.137. The first-order valence-electron chi connectivity index (χ1n) is 13.3. The van der Waals surface area contributed by atoms with Crippen LogP contribution in [0, 0.1) is 5.92 Å². The first kappa shape index (κ1) is 30.3. The number of carbonyl (C=O) groups excluding carboxylic acids is 3. The van der Waals surface area contributed by atoms with Crippen LogP contribution < -0.4 is 10.4 Å². The Balaban J connectivity index is 0.000000493. The number of esters is 1. The summed E-state index contributed by atoms with van der Waals surface area (Å²) in [7, 11) is 0.